The molecule has 0 heterocycles. The molecular weight excluding hydrogens is 305 g/mol. The largest absolute Gasteiger partial charge is 0.466 e. The molecule has 1 unspecified atom stereocenters. The fourth-order valence-electron chi connectivity index (χ4n) is 1.34. The molecule has 0 aliphatic rings. The molecule has 0 bridgehead atoms. The topological polar surface area (TPSA) is 64.6 Å². The highest BCUT2D eigenvalue weighted by atomic mass is 35.5. The minimum Gasteiger partial charge on any atom is -0.466 e. The van der Waals surface area contributed by atoms with Gasteiger partial charge >= 0.3 is 12.1 Å². The van der Waals surface area contributed by atoms with Crippen LogP contribution in [-0.4, -0.2) is 25.3 Å². The second kappa shape index (κ2) is 7.17. The third-order valence-corrected chi connectivity index (χ3v) is 2.63. The van der Waals surface area contributed by atoms with Crippen molar-refractivity contribution < 1.29 is 19.1 Å². The van der Waals surface area contributed by atoms with Crippen LogP contribution >= 0.6 is 23.2 Å². The highest BCUT2D eigenvalue weighted by Crippen LogP contribution is 2.22. The first-order chi connectivity index (χ1) is 9.33. The van der Waals surface area contributed by atoms with Crippen LogP contribution in [0, 0.1) is 0 Å². The first kappa shape index (κ1) is 16.3. The van der Waals surface area contributed by atoms with Gasteiger partial charge in [-0.1, -0.05) is 29.8 Å². The number of halogens is 2. The van der Waals surface area contributed by atoms with Gasteiger partial charge in [-0.2, -0.15) is 0 Å². The lowest BCUT2D eigenvalue weighted by atomic mass is 10.2. The van der Waals surface area contributed by atoms with Crippen molar-refractivity contribution in [3.05, 3.63) is 40.4 Å². The maximum Gasteiger partial charge on any atom is 0.412 e. The zero-order valence-corrected chi connectivity index (χ0v) is 12.4. The maximum atomic E-state index is 11.7. The van der Waals surface area contributed by atoms with Gasteiger partial charge in [0.2, 0.25) is 6.10 Å². The van der Waals surface area contributed by atoms with E-state index >= 15 is 0 Å². The molecule has 0 spiro atoms. The number of carbonyl (C=O) groups excluding carboxylic acids is 2. The van der Waals surface area contributed by atoms with Crippen LogP contribution < -0.4 is 5.32 Å². The van der Waals surface area contributed by atoms with E-state index in [0.29, 0.717) is 21.3 Å². The van der Waals surface area contributed by atoms with Gasteiger partial charge in [-0.3, -0.25) is 5.32 Å². The highest BCUT2D eigenvalue weighted by molar-refractivity contribution is 6.35. The van der Waals surface area contributed by atoms with Gasteiger partial charge in [-0.15, -0.1) is 0 Å². The summed E-state index contributed by atoms with van der Waals surface area (Å²) >= 11 is 11.6. The molecule has 1 aromatic rings. The van der Waals surface area contributed by atoms with E-state index in [1.165, 1.54) is 25.3 Å². The molecule has 0 saturated heterocycles. The van der Waals surface area contributed by atoms with Gasteiger partial charge in [-0.25, -0.2) is 9.59 Å². The number of hydrogen-bond donors (Lipinski definition) is 1. The van der Waals surface area contributed by atoms with E-state index in [9.17, 15) is 9.59 Å². The second-order valence-corrected chi connectivity index (χ2v) is 4.81. The number of rotatable bonds is 4. The van der Waals surface area contributed by atoms with Gasteiger partial charge in [0.15, 0.2) is 0 Å². The lowest BCUT2D eigenvalue weighted by Gasteiger charge is -2.16. The molecule has 0 radical (unpaired) electrons. The lowest BCUT2D eigenvalue weighted by molar-refractivity contribution is -0.148. The molecular formula is C13H13Cl2NO4. The fourth-order valence-corrected chi connectivity index (χ4v) is 1.86. The number of nitrogens with one attached hydrogen (secondary N) is 1. The maximum absolute atomic E-state index is 11.7. The van der Waals surface area contributed by atoms with Crippen LogP contribution in [0.3, 0.4) is 0 Å². The molecule has 20 heavy (non-hydrogen) atoms. The number of methoxy groups -OCH3 is 1. The zero-order chi connectivity index (χ0) is 15.3. The van der Waals surface area contributed by atoms with Gasteiger partial charge < -0.3 is 9.47 Å². The van der Waals surface area contributed by atoms with Gasteiger partial charge in [0.1, 0.15) is 0 Å². The first-order valence-corrected chi connectivity index (χ1v) is 6.26. The Morgan fingerprint density at radius 1 is 1.25 bits per heavy atom. The SMILES string of the molecule is C=C(C)C(OC(=O)Nc1cc(Cl)cc(Cl)c1)C(=O)OC. The number of amides is 1. The van der Waals surface area contributed by atoms with Crippen molar-refractivity contribution in [2.45, 2.75) is 13.0 Å². The van der Waals surface area contributed by atoms with E-state index in [1.54, 1.807) is 6.92 Å². The van der Waals surface area contributed by atoms with Crippen molar-refractivity contribution in [3.63, 3.8) is 0 Å². The number of ether oxygens (including phenoxy) is 2. The molecule has 0 aliphatic carbocycles. The summed E-state index contributed by atoms with van der Waals surface area (Å²) in [4.78, 5) is 23.1. The Balaban J connectivity index is 2.75. The summed E-state index contributed by atoms with van der Waals surface area (Å²) in [6.45, 7) is 5.11. The zero-order valence-electron chi connectivity index (χ0n) is 10.9. The molecule has 7 heteroatoms. The van der Waals surface area contributed by atoms with Crippen molar-refractivity contribution >= 4 is 41.0 Å². The van der Waals surface area contributed by atoms with Crippen molar-refractivity contribution in [2.24, 2.45) is 0 Å². The van der Waals surface area contributed by atoms with Crippen molar-refractivity contribution in [3.8, 4) is 0 Å². The van der Waals surface area contributed by atoms with Crippen molar-refractivity contribution in [1.82, 2.24) is 0 Å². The van der Waals surface area contributed by atoms with Crippen LogP contribution in [0.25, 0.3) is 0 Å². The molecule has 1 rings (SSSR count). The van der Waals surface area contributed by atoms with E-state index in [-0.39, 0.29) is 0 Å². The number of carbonyl (C=O) groups is 2. The molecule has 0 saturated carbocycles. The Labute approximate surface area is 126 Å². The minimum atomic E-state index is -1.17. The summed E-state index contributed by atoms with van der Waals surface area (Å²) in [6, 6.07) is 4.50. The van der Waals surface area contributed by atoms with Gasteiger partial charge in [0, 0.05) is 15.7 Å². The Kier molecular flexibility index (Phi) is 5.85. The van der Waals surface area contributed by atoms with Gasteiger partial charge in [0.05, 0.1) is 7.11 Å². The molecule has 5 nitrogen and oxygen atoms in total. The van der Waals surface area contributed by atoms with E-state index in [0.717, 1.165) is 0 Å². The smallest absolute Gasteiger partial charge is 0.412 e. The summed E-state index contributed by atoms with van der Waals surface area (Å²) in [6.07, 6.45) is -2.02. The van der Waals surface area contributed by atoms with Crippen molar-refractivity contribution in [1.29, 1.82) is 0 Å². The Morgan fingerprint density at radius 3 is 2.25 bits per heavy atom. The summed E-state index contributed by atoms with van der Waals surface area (Å²) in [5.74, 6) is -0.711. The lowest BCUT2D eigenvalue weighted by Crippen LogP contribution is -2.31. The molecule has 0 aliphatic heterocycles. The van der Waals surface area contributed by atoms with E-state index < -0.39 is 18.2 Å². The number of esters is 1. The third kappa shape index (κ3) is 4.75. The van der Waals surface area contributed by atoms with Crippen LogP contribution in [0.1, 0.15) is 6.92 Å². The first-order valence-electron chi connectivity index (χ1n) is 5.50. The average molecular weight is 318 g/mol. The molecule has 0 fully saturated rings. The van der Waals surface area contributed by atoms with E-state index in [4.69, 9.17) is 27.9 Å². The van der Waals surface area contributed by atoms with E-state index in [1.807, 2.05) is 0 Å². The molecule has 1 N–H and O–H groups in total. The number of benzene rings is 1. The molecule has 1 amide bonds. The summed E-state index contributed by atoms with van der Waals surface area (Å²) in [5.41, 5.74) is 0.689. The van der Waals surface area contributed by atoms with Crippen LogP contribution in [0.15, 0.2) is 30.4 Å². The summed E-state index contributed by atoms with van der Waals surface area (Å²) < 4.78 is 9.45. The van der Waals surface area contributed by atoms with Crippen LogP contribution in [0.2, 0.25) is 10.0 Å². The Bertz CT molecular complexity index is 525. The Hall–Kier alpha value is -1.72. The molecule has 1 aromatic carbocycles. The number of hydrogen-bond acceptors (Lipinski definition) is 4. The third-order valence-electron chi connectivity index (χ3n) is 2.20. The summed E-state index contributed by atoms with van der Waals surface area (Å²) in [7, 11) is 1.19. The monoisotopic (exact) mass is 317 g/mol. The second-order valence-electron chi connectivity index (χ2n) is 3.94. The molecule has 108 valence electrons. The normalized spacial score (nSPS) is 11.4. The van der Waals surface area contributed by atoms with Crippen LogP contribution in [-0.2, 0) is 14.3 Å². The summed E-state index contributed by atoms with van der Waals surface area (Å²) in [5, 5.41) is 3.13. The van der Waals surface area contributed by atoms with E-state index in [2.05, 4.69) is 16.6 Å². The molecule has 0 aromatic heterocycles. The average Bonchev–Trinajstić information content (AvgIpc) is 2.33. The number of anilines is 1. The predicted octanol–water partition coefficient (Wildman–Crippen LogP) is 3.66. The van der Waals surface area contributed by atoms with Crippen molar-refractivity contribution in [2.75, 3.05) is 12.4 Å². The fraction of sp³-hybridized carbons (Fsp3) is 0.231. The Morgan fingerprint density at radius 2 is 1.80 bits per heavy atom. The quantitative estimate of drug-likeness (QED) is 0.680. The standard InChI is InChI=1S/C13H13Cl2NO4/c1-7(2)11(12(17)19-3)20-13(18)16-10-5-8(14)4-9(15)6-10/h4-6,11H,1H2,2-3H3,(H,16,18). The van der Waals surface area contributed by atoms with Crippen LogP contribution in [0.5, 0.6) is 0 Å². The highest BCUT2D eigenvalue weighted by Gasteiger charge is 2.24. The minimum absolute atomic E-state index is 0.344. The van der Waals surface area contributed by atoms with Gasteiger partial charge in [-0.05, 0) is 30.7 Å². The van der Waals surface area contributed by atoms with Gasteiger partial charge in [0.25, 0.3) is 0 Å². The predicted molar refractivity (Wildman–Crippen MR) is 77.2 cm³/mol. The van der Waals surface area contributed by atoms with Crippen LogP contribution in [0.4, 0.5) is 10.5 Å². The molecule has 1 atom stereocenters.